The summed E-state index contributed by atoms with van der Waals surface area (Å²) in [5, 5.41) is 26.2. The topological polar surface area (TPSA) is 140 Å². The number of rotatable bonds is 6. The predicted octanol–water partition coefficient (Wildman–Crippen LogP) is 2.75. The van der Waals surface area contributed by atoms with Gasteiger partial charge in [0, 0.05) is 5.56 Å². The number of Topliss-reactive ketones (excluding diaryl/α,β-unsaturated/α-hetero) is 1. The zero-order valence-corrected chi connectivity index (χ0v) is 28.0. The Balaban J connectivity index is 0.00000400. The molecular formula is C35H36MgN4O5-2. The van der Waals surface area contributed by atoms with E-state index in [2.05, 4.69) is 20.4 Å². The molecule has 1 aliphatic carbocycles. The summed E-state index contributed by atoms with van der Waals surface area (Å²) in [4.78, 5) is 42.1. The SMILES string of the molecule is C=Cc1c2[n-]c(c1C)/C=C1\[N-]/C(=C3\c4[n-]c(c(C)c4C(=O)[C@@H]3C(=O)OC)/C=c3\[n-]/c(c(C)c3CC)=C\2)[C@@H](CCC(O)O)[C@@H]1C.[Mg+2]. The molecule has 5 heterocycles. The summed E-state index contributed by atoms with van der Waals surface area (Å²) >= 11 is 0. The summed E-state index contributed by atoms with van der Waals surface area (Å²) in [5.41, 5.74) is 9.27. The molecule has 3 aliphatic rings. The molecule has 9 nitrogen and oxygen atoms in total. The van der Waals surface area contributed by atoms with Gasteiger partial charge in [0.15, 0.2) is 12.1 Å². The summed E-state index contributed by atoms with van der Waals surface area (Å²) in [6.07, 6.45) is 7.36. The van der Waals surface area contributed by atoms with E-state index >= 15 is 0 Å². The normalized spacial score (nSPS) is 24.2. The molecule has 3 aromatic heterocycles. The maximum absolute atomic E-state index is 14.0. The predicted molar refractivity (Wildman–Crippen MR) is 173 cm³/mol. The Morgan fingerprint density at radius 1 is 1.02 bits per heavy atom. The van der Waals surface area contributed by atoms with Crippen LogP contribution in [-0.2, 0) is 16.0 Å². The van der Waals surface area contributed by atoms with Gasteiger partial charge in [-0.3, -0.25) is 9.59 Å². The van der Waals surface area contributed by atoms with Crippen molar-refractivity contribution < 1.29 is 24.5 Å². The number of aliphatic hydroxyl groups is 2. The Morgan fingerprint density at radius 3 is 2.36 bits per heavy atom. The number of ketones is 1. The number of hydrogen-bond acceptors (Lipinski definition) is 5. The van der Waals surface area contributed by atoms with E-state index in [1.165, 1.54) is 7.11 Å². The summed E-state index contributed by atoms with van der Waals surface area (Å²) in [7, 11) is 1.26. The molecule has 45 heavy (non-hydrogen) atoms. The van der Waals surface area contributed by atoms with Crippen LogP contribution in [-0.4, -0.2) is 58.4 Å². The number of hydrogen-bond donors (Lipinski definition) is 2. The molecule has 3 aromatic rings. The van der Waals surface area contributed by atoms with Gasteiger partial charge in [-0.15, -0.1) is 33.5 Å². The average molecular weight is 617 g/mol. The van der Waals surface area contributed by atoms with E-state index in [1.807, 2.05) is 39.0 Å². The average Bonchev–Trinajstić information content (AvgIpc) is 3.72. The van der Waals surface area contributed by atoms with Crippen LogP contribution < -0.4 is 25.7 Å². The van der Waals surface area contributed by atoms with Gasteiger partial charge in [0.2, 0.25) is 0 Å². The van der Waals surface area contributed by atoms with Crippen LogP contribution in [0.15, 0.2) is 18.0 Å². The first-order chi connectivity index (χ1) is 21.0. The maximum Gasteiger partial charge on any atom is 2.00 e. The molecule has 6 rings (SSSR count). The van der Waals surface area contributed by atoms with Crippen molar-refractivity contribution in [3.05, 3.63) is 90.1 Å². The number of allylic oxidation sites excluding steroid dienone is 2. The number of ether oxygens (including phenoxy) is 1. The van der Waals surface area contributed by atoms with Crippen molar-refractivity contribution in [3.8, 4) is 0 Å². The van der Waals surface area contributed by atoms with Gasteiger partial charge in [-0.25, -0.2) is 0 Å². The molecule has 230 valence electrons. The number of aliphatic hydroxyl groups excluding tert-OH is 1. The quantitative estimate of drug-likeness (QED) is 0.187. The fraction of sp³-hybridized carbons (Fsp3) is 0.371. The first kappa shape index (κ1) is 32.8. The summed E-state index contributed by atoms with van der Waals surface area (Å²) in [5.74, 6) is -2.73. The minimum absolute atomic E-state index is 0. The van der Waals surface area contributed by atoms with Crippen LogP contribution >= 0.6 is 0 Å². The van der Waals surface area contributed by atoms with Crippen molar-refractivity contribution in [3.63, 3.8) is 0 Å². The van der Waals surface area contributed by atoms with Gasteiger partial charge in [-0.2, -0.15) is 11.4 Å². The van der Waals surface area contributed by atoms with Crippen molar-refractivity contribution in [2.24, 2.45) is 17.8 Å². The largest absolute Gasteiger partial charge is 2.00 e. The maximum atomic E-state index is 14.0. The van der Waals surface area contributed by atoms with Crippen LogP contribution in [0.1, 0.15) is 87.6 Å². The van der Waals surface area contributed by atoms with Gasteiger partial charge in [0.05, 0.1) is 7.11 Å². The molecule has 2 N–H and O–H groups in total. The minimum Gasteiger partial charge on any atom is -0.664 e. The van der Waals surface area contributed by atoms with Crippen molar-refractivity contribution >= 4 is 64.7 Å². The van der Waals surface area contributed by atoms with Gasteiger partial charge < -0.3 is 35.2 Å². The second-order valence-electron chi connectivity index (χ2n) is 11.9. The molecule has 2 aliphatic heterocycles. The van der Waals surface area contributed by atoms with Crippen molar-refractivity contribution in [2.75, 3.05) is 7.11 Å². The summed E-state index contributed by atoms with van der Waals surface area (Å²) < 4.78 is 5.13. The number of carbonyl (C=O) groups is 2. The zero-order chi connectivity index (χ0) is 31.6. The minimum atomic E-state index is -1.51. The first-order valence-corrected chi connectivity index (χ1v) is 15.0. The third-order valence-corrected chi connectivity index (χ3v) is 9.48. The number of esters is 1. The van der Waals surface area contributed by atoms with E-state index in [0.29, 0.717) is 40.2 Å². The summed E-state index contributed by atoms with van der Waals surface area (Å²) in [6, 6.07) is 0. The molecular weight excluding hydrogens is 581 g/mol. The van der Waals surface area contributed by atoms with E-state index in [0.717, 1.165) is 56.5 Å². The third-order valence-electron chi connectivity index (χ3n) is 9.48. The van der Waals surface area contributed by atoms with E-state index in [-0.39, 0.29) is 47.1 Å². The van der Waals surface area contributed by atoms with Crippen LogP contribution in [0, 0.1) is 38.5 Å². The van der Waals surface area contributed by atoms with Gasteiger partial charge in [0.1, 0.15) is 5.92 Å². The Bertz CT molecular complexity index is 1920. The number of carbonyl (C=O) groups excluding carboxylic acids is 2. The molecule has 0 amide bonds. The van der Waals surface area contributed by atoms with E-state index < -0.39 is 18.2 Å². The zero-order valence-electron chi connectivity index (χ0n) is 26.6. The Labute approximate surface area is 278 Å². The van der Waals surface area contributed by atoms with Crippen molar-refractivity contribution in [1.29, 1.82) is 0 Å². The molecule has 8 bridgehead atoms. The second-order valence-corrected chi connectivity index (χ2v) is 11.9. The second kappa shape index (κ2) is 12.3. The molecule has 1 saturated heterocycles. The molecule has 0 unspecified atom stereocenters. The Kier molecular flexibility index (Phi) is 8.98. The Hall–Kier alpha value is -3.57. The number of nitrogens with zero attached hydrogens (tertiary/aromatic N) is 4. The van der Waals surface area contributed by atoms with Gasteiger partial charge in [0.25, 0.3) is 0 Å². The van der Waals surface area contributed by atoms with Gasteiger partial charge >= 0.3 is 29.0 Å². The molecule has 1 fully saturated rings. The number of aromatic nitrogens is 3. The number of fused-ring (bicyclic) bond motifs is 7. The Morgan fingerprint density at radius 2 is 1.71 bits per heavy atom. The van der Waals surface area contributed by atoms with Crippen LogP contribution in [0.5, 0.6) is 0 Å². The smallest absolute Gasteiger partial charge is 0.664 e. The molecule has 3 atom stereocenters. The first-order valence-electron chi connectivity index (χ1n) is 15.0. The van der Waals surface area contributed by atoms with Crippen LogP contribution in [0.3, 0.4) is 0 Å². The van der Waals surface area contributed by atoms with Crippen molar-refractivity contribution in [1.82, 2.24) is 15.0 Å². The van der Waals surface area contributed by atoms with Gasteiger partial charge in [-0.1, -0.05) is 72.6 Å². The fourth-order valence-corrected chi connectivity index (χ4v) is 6.98. The molecule has 0 aromatic carbocycles. The molecule has 10 heteroatoms. The van der Waals surface area contributed by atoms with E-state index in [9.17, 15) is 19.8 Å². The summed E-state index contributed by atoms with van der Waals surface area (Å²) in [6.45, 7) is 14.0. The molecule has 0 spiro atoms. The van der Waals surface area contributed by atoms with Crippen LogP contribution in [0.4, 0.5) is 0 Å². The van der Waals surface area contributed by atoms with Crippen LogP contribution in [0.25, 0.3) is 35.2 Å². The molecule has 0 saturated carbocycles. The molecule has 0 radical (unpaired) electrons. The standard InChI is InChI=1S/C35H37N4O5.Mg/c1-8-19-15(3)22-12-24-17(5)21(10-11-28(40)41)32(38-24)30-31(35(43)44-7)34(42)29-18(6)25(39-33(29)30)14-27-20(9-2)16(4)23(37-27)13-26(19)36-22;/h8,12-14,17,21,28,31,40-41H,1,9-11H2,2-7H3,(H-,38,39,42);/q-3;+2/p-1/b23-13-,24-12-,27-14-;/t17-,21-,31+;/m0./s1. The fourth-order valence-electron chi connectivity index (χ4n) is 6.98. The van der Waals surface area contributed by atoms with E-state index in [4.69, 9.17) is 25.0 Å². The van der Waals surface area contributed by atoms with Gasteiger partial charge in [-0.05, 0) is 57.4 Å². The van der Waals surface area contributed by atoms with Crippen LogP contribution in [0.2, 0.25) is 0 Å². The van der Waals surface area contributed by atoms with E-state index in [1.54, 1.807) is 6.08 Å². The monoisotopic (exact) mass is 616 g/mol. The third kappa shape index (κ3) is 5.17. The van der Waals surface area contributed by atoms with Crippen molar-refractivity contribution in [2.45, 2.75) is 60.2 Å². The number of methoxy groups -OCH3 is 1.